The van der Waals surface area contributed by atoms with Crippen LogP contribution in [0.5, 0.6) is 0 Å². The topological polar surface area (TPSA) is 34.9 Å². The Hall–Kier alpha value is -1.90. The second-order valence-electron chi connectivity index (χ2n) is 3.68. The third kappa shape index (κ3) is 1.89. The molecule has 0 aliphatic rings. The van der Waals surface area contributed by atoms with E-state index in [-0.39, 0.29) is 5.78 Å². The quantitative estimate of drug-likeness (QED) is 0.735. The maximum absolute atomic E-state index is 12.2. The minimum absolute atomic E-state index is 0.0306. The van der Waals surface area contributed by atoms with Gasteiger partial charge in [0.25, 0.3) is 0 Å². The zero-order valence-corrected chi connectivity index (χ0v) is 9.47. The van der Waals surface area contributed by atoms with Crippen LogP contribution in [0, 0.1) is 6.92 Å². The molecule has 1 aromatic heterocycles. The number of hydrogen-bond donors (Lipinski definition) is 0. The van der Waals surface area contributed by atoms with Crippen LogP contribution in [0.15, 0.2) is 36.4 Å². The predicted octanol–water partition coefficient (Wildman–Crippen LogP) is 2.44. The van der Waals surface area contributed by atoms with Crippen molar-refractivity contribution in [2.24, 2.45) is 0 Å². The van der Waals surface area contributed by atoms with Gasteiger partial charge in [0.1, 0.15) is 5.69 Å². The number of rotatable bonds is 3. The summed E-state index contributed by atoms with van der Waals surface area (Å²) in [5.74, 6) is 0.0306. The molecule has 0 atom stereocenters. The minimum Gasteiger partial charge on any atom is -0.287 e. The van der Waals surface area contributed by atoms with Crippen molar-refractivity contribution in [3.05, 3.63) is 53.3 Å². The highest BCUT2D eigenvalue weighted by Gasteiger charge is 2.14. The van der Waals surface area contributed by atoms with Crippen LogP contribution in [-0.2, 0) is 6.54 Å². The Bertz CT molecular complexity index is 500. The first-order valence-electron chi connectivity index (χ1n) is 5.36. The van der Waals surface area contributed by atoms with Gasteiger partial charge in [0, 0.05) is 12.1 Å². The van der Waals surface area contributed by atoms with E-state index in [4.69, 9.17) is 0 Å². The Labute approximate surface area is 94.7 Å². The Morgan fingerprint density at radius 3 is 2.62 bits per heavy atom. The van der Waals surface area contributed by atoms with E-state index in [2.05, 4.69) is 5.10 Å². The van der Waals surface area contributed by atoms with Crippen molar-refractivity contribution in [2.45, 2.75) is 20.4 Å². The lowest BCUT2D eigenvalue weighted by molar-refractivity contribution is 0.102. The number of benzene rings is 1. The summed E-state index contributed by atoms with van der Waals surface area (Å²) in [6, 6.07) is 11.1. The number of hydrogen-bond acceptors (Lipinski definition) is 2. The van der Waals surface area contributed by atoms with Crippen LogP contribution in [0.25, 0.3) is 0 Å². The van der Waals surface area contributed by atoms with Crippen LogP contribution in [0.2, 0.25) is 0 Å². The van der Waals surface area contributed by atoms with Crippen LogP contribution in [0.3, 0.4) is 0 Å². The van der Waals surface area contributed by atoms with Crippen molar-refractivity contribution in [1.82, 2.24) is 9.78 Å². The first-order chi connectivity index (χ1) is 7.72. The third-order valence-corrected chi connectivity index (χ3v) is 2.47. The van der Waals surface area contributed by atoms with Crippen molar-refractivity contribution in [2.75, 3.05) is 0 Å². The van der Waals surface area contributed by atoms with E-state index in [0.29, 0.717) is 17.8 Å². The molecule has 16 heavy (non-hydrogen) atoms. The molecule has 0 saturated carbocycles. The maximum atomic E-state index is 12.2. The summed E-state index contributed by atoms with van der Waals surface area (Å²) in [5.41, 5.74) is 2.24. The molecule has 0 aliphatic heterocycles. The fraction of sp³-hybridized carbons (Fsp3) is 0.231. The Morgan fingerprint density at radius 1 is 1.31 bits per heavy atom. The Kier molecular flexibility index (Phi) is 2.86. The highest BCUT2D eigenvalue weighted by atomic mass is 16.1. The van der Waals surface area contributed by atoms with Crippen LogP contribution in [-0.4, -0.2) is 15.6 Å². The normalized spacial score (nSPS) is 10.4. The fourth-order valence-corrected chi connectivity index (χ4v) is 1.71. The molecule has 1 aromatic carbocycles. The van der Waals surface area contributed by atoms with Crippen molar-refractivity contribution in [3.8, 4) is 0 Å². The average molecular weight is 214 g/mol. The lowest BCUT2D eigenvalue weighted by Crippen LogP contribution is -2.10. The van der Waals surface area contributed by atoms with E-state index in [1.807, 2.05) is 50.2 Å². The highest BCUT2D eigenvalue weighted by Crippen LogP contribution is 2.11. The molecule has 0 spiro atoms. The largest absolute Gasteiger partial charge is 0.287 e. The van der Waals surface area contributed by atoms with Gasteiger partial charge in [-0.15, -0.1) is 0 Å². The van der Waals surface area contributed by atoms with Gasteiger partial charge in [-0.05, 0) is 19.9 Å². The smallest absolute Gasteiger partial charge is 0.211 e. The molecule has 2 aromatic rings. The number of nitrogens with zero attached hydrogens (tertiary/aromatic N) is 2. The number of carbonyl (C=O) groups is 1. The molecule has 0 bridgehead atoms. The molecular weight excluding hydrogens is 200 g/mol. The zero-order chi connectivity index (χ0) is 11.5. The SMILES string of the molecule is CCn1nc(C)cc1C(=O)c1ccccc1. The molecule has 2 rings (SSSR count). The molecule has 82 valence electrons. The zero-order valence-electron chi connectivity index (χ0n) is 9.47. The van der Waals surface area contributed by atoms with Gasteiger partial charge in [0.15, 0.2) is 0 Å². The molecule has 0 amide bonds. The van der Waals surface area contributed by atoms with Crippen molar-refractivity contribution in [1.29, 1.82) is 0 Å². The lowest BCUT2D eigenvalue weighted by atomic mass is 10.1. The minimum atomic E-state index is 0.0306. The molecular formula is C13H14N2O. The summed E-state index contributed by atoms with van der Waals surface area (Å²) < 4.78 is 1.74. The van der Waals surface area contributed by atoms with E-state index in [0.717, 1.165) is 5.69 Å². The Morgan fingerprint density at radius 2 is 2.00 bits per heavy atom. The second kappa shape index (κ2) is 4.31. The van der Waals surface area contributed by atoms with Crippen molar-refractivity contribution in [3.63, 3.8) is 0 Å². The molecule has 0 fully saturated rings. The summed E-state index contributed by atoms with van der Waals surface area (Å²) in [6.07, 6.45) is 0. The molecule has 0 saturated heterocycles. The summed E-state index contributed by atoms with van der Waals surface area (Å²) in [4.78, 5) is 12.2. The van der Waals surface area contributed by atoms with E-state index < -0.39 is 0 Å². The van der Waals surface area contributed by atoms with Gasteiger partial charge in [-0.1, -0.05) is 30.3 Å². The van der Waals surface area contributed by atoms with Gasteiger partial charge < -0.3 is 0 Å². The first kappa shape index (κ1) is 10.6. The number of ketones is 1. The van der Waals surface area contributed by atoms with E-state index in [9.17, 15) is 4.79 Å². The standard InChI is InChI=1S/C13H14N2O/c1-3-15-12(9-10(2)14-15)13(16)11-7-5-4-6-8-11/h4-9H,3H2,1-2H3. The summed E-state index contributed by atoms with van der Waals surface area (Å²) in [7, 11) is 0. The fourth-order valence-electron chi connectivity index (χ4n) is 1.71. The maximum Gasteiger partial charge on any atom is 0.211 e. The van der Waals surface area contributed by atoms with Crippen molar-refractivity contribution >= 4 is 5.78 Å². The highest BCUT2D eigenvalue weighted by molar-refractivity contribution is 6.07. The van der Waals surface area contributed by atoms with Gasteiger partial charge in [-0.3, -0.25) is 9.48 Å². The monoisotopic (exact) mass is 214 g/mol. The molecule has 0 N–H and O–H groups in total. The summed E-state index contributed by atoms with van der Waals surface area (Å²) >= 11 is 0. The summed E-state index contributed by atoms with van der Waals surface area (Å²) in [5, 5.41) is 4.27. The van der Waals surface area contributed by atoms with Crippen molar-refractivity contribution < 1.29 is 4.79 Å². The molecule has 3 nitrogen and oxygen atoms in total. The predicted molar refractivity (Wildman–Crippen MR) is 62.5 cm³/mol. The van der Waals surface area contributed by atoms with Gasteiger partial charge in [-0.25, -0.2) is 0 Å². The van der Waals surface area contributed by atoms with E-state index in [1.165, 1.54) is 0 Å². The lowest BCUT2D eigenvalue weighted by Gasteiger charge is -2.03. The van der Waals surface area contributed by atoms with Gasteiger partial charge >= 0.3 is 0 Å². The molecule has 3 heteroatoms. The average Bonchev–Trinajstić information content (AvgIpc) is 2.70. The van der Waals surface area contributed by atoms with Gasteiger partial charge in [-0.2, -0.15) is 5.10 Å². The van der Waals surface area contributed by atoms with Gasteiger partial charge in [0.2, 0.25) is 5.78 Å². The molecule has 0 unspecified atom stereocenters. The third-order valence-electron chi connectivity index (χ3n) is 2.47. The van der Waals surface area contributed by atoms with Crippen LogP contribution >= 0.6 is 0 Å². The number of carbonyl (C=O) groups excluding carboxylic acids is 1. The number of aryl methyl sites for hydroxylation is 2. The molecule has 1 heterocycles. The van der Waals surface area contributed by atoms with Crippen LogP contribution in [0.1, 0.15) is 28.7 Å². The number of aromatic nitrogens is 2. The molecule has 0 radical (unpaired) electrons. The van der Waals surface area contributed by atoms with E-state index >= 15 is 0 Å². The Balaban J connectivity index is 2.41. The van der Waals surface area contributed by atoms with Crippen LogP contribution in [0.4, 0.5) is 0 Å². The summed E-state index contributed by atoms with van der Waals surface area (Å²) in [6.45, 7) is 4.59. The van der Waals surface area contributed by atoms with Gasteiger partial charge in [0.05, 0.1) is 5.69 Å². The molecule has 0 aliphatic carbocycles. The van der Waals surface area contributed by atoms with Crippen LogP contribution < -0.4 is 0 Å². The second-order valence-corrected chi connectivity index (χ2v) is 3.68. The first-order valence-corrected chi connectivity index (χ1v) is 5.36. The van der Waals surface area contributed by atoms with E-state index in [1.54, 1.807) is 4.68 Å².